The Balaban J connectivity index is 3.79. The fraction of sp³-hybridized carbons (Fsp3) is 0.750. The van der Waals surface area contributed by atoms with E-state index in [1.165, 1.54) is 0 Å². The van der Waals surface area contributed by atoms with Crippen LogP contribution in [0.1, 0.15) is 33.6 Å². The second-order valence-electron chi connectivity index (χ2n) is 3.29. The first kappa shape index (κ1) is 10.9. The van der Waals surface area contributed by atoms with Crippen molar-refractivity contribution < 1.29 is 0 Å². The van der Waals surface area contributed by atoms with E-state index in [1.807, 2.05) is 6.92 Å². The van der Waals surface area contributed by atoms with Crippen LogP contribution in [0.2, 0.25) is 0 Å². The molecule has 4 N–H and O–H groups in total. The molecule has 0 aromatic heterocycles. The van der Waals surface area contributed by atoms with E-state index in [2.05, 4.69) is 24.1 Å². The van der Waals surface area contributed by atoms with Crippen molar-refractivity contribution in [3.63, 3.8) is 0 Å². The number of hydrogen-bond acceptors (Lipinski definition) is 2. The Hall–Kier alpha value is -1.06. The maximum absolute atomic E-state index is 5.12. The Morgan fingerprint density at radius 3 is 2.25 bits per heavy atom. The highest BCUT2D eigenvalue weighted by Gasteiger charge is 1.95. The van der Waals surface area contributed by atoms with Gasteiger partial charge in [-0.3, -0.25) is 0 Å². The van der Waals surface area contributed by atoms with Crippen LogP contribution in [0, 0.1) is 5.92 Å². The van der Waals surface area contributed by atoms with Gasteiger partial charge in [0, 0.05) is 5.71 Å². The maximum Gasteiger partial charge on any atom is 0.211 e. The van der Waals surface area contributed by atoms with Gasteiger partial charge >= 0.3 is 0 Å². The lowest BCUT2D eigenvalue weighted by atomic mass is 10.1. The normalized spacial score (nSPS) is 11.8. The molecule has 0 aliphatic carbocycles. The van der Waals surface area contributed by atoms with Gasteiger partial charge in [-0.25, -0.2) is 0 Å². The first-order valence-corrected chi connectivity index (χ1v) is 4.14. The van der Waals surface area contributed by atoms with Crippen LogP contribution in [0.25, 0.3) is 0 Å². The van der Waals surface area contributed by atoms with Gasteiger partial charge in [0.05, 0.1) is 0 Å². The molecule has 4 heteroatoms. The fourth-order valence-electron chi connectivity index (χ4n) is 0.691. The summed E-state index contributed by atoms with van der Waals surface area (Å²) in [5.74, 6) is 0.702. The summed E-state index contributed by atoms with van der Waals surface area (Å²) in [5.41, 5.74) is 11.2. The molecular formula is C8H18N4. The monoisotopic (exact) mass is 170 g/mol. The number of rotatable bonds is 4. The van der Waals surface area contributed by atoms with Gasteiger partial charge in [0.1, 0.15) is 0 Å². The zero-order chi connectivity index (χ0) is 9.56. The van der Waals surface area contributed by atoms with Crippen molar-refractivity contribution in [2.45, 2.75) is 33.6 Å². The highest BCUT2D eigenvalue weighted by atomic mass is 15.3. The third-order valence-corrected chi connectivity index (χ3v) is 1.42. The average Bonchev–Trinajstić information content (AvgIpc) is 1.96. The minimum absolute atomic E-state index is 0.0129. The molecule has 0 saturated heterocycles. The van der Waals surface area contributed by atoms with E-state index >= 15 is 0 Å². The summed E-state index contributed by atoms with van der Waals surface area (Å²) in [7, 11) is 0. The van der Waals surface area contributed by atoms with Gasteiger partial charge in [-0.1, -0.05) is 13.8 Å². The molecule has 0 aliphatic rings. The first-order chi connectivity index (χ1) is 5.52. The van der Waals surface area contributed by atoms with Crippen LogP contribution in [0.5, 0.6) is 0 Å². The summed E-state index contributed by atoms with van der Waals surface area (Å²) < 4.78 is 0. The second-order valence-corrected chi connectivity index (χ2v) is 3.29. The molecule has 0 aliphatic heterocycles. The molecule has 0 bridgehead atoms. The van der Waals surface area contributed by atoms with Crippen molar-refractivity contribution in [1.29, 1.82) is 0 Å². The molecule has 0 saturated carbocycles. The van der Waals surface area contributed by atoms with E-state index in [0.717, 1.165) is 18.6 Å². The van der Waals surface area contributed by atoms with E-state index in [0.29, 0.717) is 5.92 Å². The van der Waals surface area contributed by atoms with Gasteiger partial charge < -0.3 is 11.5 Å². The lowest BCUT2D eigenvalue weighted by Crippen LogP contribution is -2.22. The van der Waals surface area contributed by atoms with Crippen LogP contribution in [0.3, 0.4) is 0 Å². The Labute approximate surface area is 73.7 Å². The van der Waals surface area contributed by atoms with Gasteiger partial charge in [0.2, 0.25) is 5.96 Å². The quantitative estimate of drug-likeness (QED) is 0.376. The molecular weight excluding hydrogens is 152 g/mol. The second kappa shape index (κ2) is 5.57. The predicted octanol–water partition coefficient (Wildman–Crippen LogP) is 1.07. The maximum atomic E-state index is 5.12. The Bertz CT molecular complexity index is 177. The van der Waals surface area contributed by atoms with Gasteiger partial charge in [0.25, 0.3) is 0 Å². The van der Waals surface area contributed by atoms with Crippen LogP contribution in [-0.2, 0) is 0 Å². The number of nitrogens with two attached hydrogens (primary N) is 2. The SMILES string of the molecule is CC(CCC(C)C)=NN=C(N)N. The Morgan fingerprint density at radius 1 is 1.25 bits per heavy atom. The first-order valence-electron chi connectivity index (χ1n) is 4.14. The summed E-state index contributed by atoms with van der Waals surface area (Å²) in [5, 5.41) is 7.41. The smallest absolute Gasteiger partial charge is 0.211 e. The molecule has 0 amide bonds. The number of hydrogen-bond donors (Lipinski definition) is 2. The number of nitrogens with zero attached hydrogens (tertiary/aromatic N) is 2. The summed E-state index contributed by atoms with van der Waals surface area (Å²) >= 11 is 0. The van der Waals surface area contributed by atoms with Gasteiger partial charge in [-0.05, 0) is 25.7 Å². The van der Waals surface area contributed by atoms with E-state index in [-0.39, 0.29) is 5.96 Å². The average molecular weight is 170 g/mol. The summed E-state index contributed by atoms with van der Waals surface area (Å²) in [6.07, 6.45) is 2.07. The zero-order valence-corrected chi connectivity index (χ0v) is 8.04. The molecule has 0 radical (unpaired) electrons. The van der Waals surface area contributed by atoms with Crippen LogP contribution < -0.4 is 11.5 Å². The summed E-state index contributed by atoms with van der Waals surface area (Å²) in [4.78, 5) is 0. The van der Waals surface area contributed by atoms with E-state index in [4.69, 9.17) is 11.5 Å². The van der Waals surface area contributed by atoms with Gasteiger partial charge in [-0.15, -0.1) is 5.10 Å². The lowest BCUT2D eigenvalue weighted by molar-refractivity contribution is 0.602. The molecule has 4 nitrogen and oxygen atoms in total. The Kier molecular flexibility index (Phi) is 5.08. The van der Waals surface area contributed by atoms with Crippen molar-refractivity contribution in [3.05, 3.63) is 0 Å². The van der Waals surface area contributed by atoms with Crippen molar-refractivity contribution in [1.82, 2.24) is 0 Å². The van der Waals surface area contributed by atoms with Gasteiger partial charge in [-0.2, -0.15) is 5.10 Å². The van der Waals surface area contributed by atoms with Crippen molar-refractivity contribution in [2.75, 3.05) is 0 Å². The van der Waals surface area contributed by atoms with Crippen LogP contribution in [0.15, 0.2) is 10.2 Å². The summed E-state index contributed by atoms with van der Waals surface area (Å²) in [6.45, 7) is 6.27. The van der Waals surface area contributed by atoms with E-state index in [9.17, 15) is 0 Å². The largest absolute Gasteiger partial charge is 0.369 e. The summed E-state index contributed by atoms with van der Waals surface area (Å²) in [6, 6.07) is 0. The van der Waals surface area contributed by atoms with E-state index < -0.39 is 0 Å². The zero-order valence-electron chi connectivity index (χ0n) is 8.04. The molecule has 0 rings (SSSR count). The molecule has 0 spiro atoms. The highest BCUT2D eigenvalue weighted by Crippen LogP contribution is 2.04. The molecule has 0 atom stereocenters. The fourth-order valence-corrected chi connectivity index (χ4v) is 0.691. The molecule has 70 valence electrons. The van der Waals surface area contributed by atoms with Gasteiger partial charge in [0.15, 0.2) is 0 Å². The standard InChI is InChI=1S/C8H18N4/c1-6(2)4-5-7(3)11-12-8(9)10/h6H,4-5H2,1-3H3,(H4,9,10,12). The van der Waals surface area contributed by atoms with Crippen molar-refractivity contribution in [2.24, 2.45) is 27.6 Å². The number of guanidine groups is 1. The molecule has 12 heavy (non-hydrogen) atoms. The van der Waals surface area contributed by atoms with Crippen LogP contribution >= 0.6 is 0 Å². The topological polar surface area (TPSA) is 76.8 Å². The van der Waals surface area contributed by atoms with Crippen molar-refractivity contribution in [3.8, 4) is 0 Å². The third kappa shape index (κ3) is 7.05. The highest BCUT2D eigenvalue weighted by molar-refractivity contribution is 5.83. The lowest BCUT2D eigenvalue weighted by Gasteiger charge is -2.01. The van der Waals surface area contributed by atoms with Crippen LogP contribution in [-0.4, -0.2) is 11.7 Å². The molecule has 0 aromatic carbocycles. The molecule has 0 fully saturated rings. The minimum Gasteiger partial charge on any atom is -0.369 e. The molecule has 0 aromatic rings. The Morgan fingerprint density at radius 2 is 1.83 bits per heavy atom. The molecule has 0 heterocycles. The third-order valence-electron chi connectivity index (χ3n) is 1.42. The predicted molar refractivity (Wildman–Crippen MR) is 53.0 cm³/mol. The minimum atomic E-state index is 0.0129. The van der Waals surface area contributed by atoms with Crippen LogP contribution in [0.4, 0.5) is 0 Å². The van der Waals surface area contributed by atoms with Crippen molar-refractivity contribution >= 4 is 11.7 Å². The molecule has 0 unspecified atom stereocenters. The van der Waals surface area contributed by atoms with E-state index in [1.54, 1.807) is 0 Å².